The standard InChI is InChI=1S/C22H27ClN2O4/c1-2-28-22(27)14-29-20-7-6-16-11-24-12-19(9-17(16)10-20)25-13-21(26)15-4-3-5-18(23)8-15/h3-8,10,19,21,24-26H,2,9,11-14H2,1H3/t19?,21-/m0/s1. The predicted octanol–water partition coefficient (Wildman–Crippen LogP) is 2.62. The van der Waals surface area contributed by atoms with Gasteiger partial charge >= 0.3 is 5.97 Å². The van der Waals surface area contributed by atoms with Crippen LogP contribution in [0.2, 0.25) is 5.02 Å². The van der Waals surface area contributed by atoms with E-state index in [-0.39, 0.29) is 18.6 Å². The lowest BCUT2D eigenvalue weighted by Crippen LogP contribution is -2.40. The van der Waals surface area contributed by atoms with Gasteiger partial charge in [0.2, 0.25) is 0 Å². The molecule has 0 bridgehead atoms. The third-order valence-electron chi connectivity index (χ3n) is 4.85. The van der Waals surface area contributed by atoms with Gasteiger partial charge in [-0.25, -0.2) is 4.79 Å². The molecule has 0 aromatic heterocycles. The molecule has 6 nitrogen and oxygen atoms in total. The Hall–Kier alpha value is -2.12. The summed E-state index contributed by atoms with van der Waals surface area (Å²) in [4.78, 5) is 11.5. The molecule has 0 aliphatic carbocycles. The molecule has 3 rings (SSSR count). The van der Waals surface area contributed by atoms with E-state index in [1.165, 1.54) is 5.56 Å². The van der Waals surface area contributed by atoms with Gasteiger partial charge < -0.3 is 25.2 Å². The van der Waals surface area contributed by atoms with E-state index in [0.717, 1.165) is 30.6 Å². The zero-order valence-electron chi connectivity index (χ0n) is 16.5. The first-order valence-electron chi connectivity index (χ1n) is 9.83. The molecule has 1 heterocycles. The van der Waals surface area contributed by atoms with Gasteiger partial charge in [-0.2, -0.15) is 0 Å². The van der Waals surface area contributed by atoms with Crippen LogP contribution in [0.25, 0.3) is 0 Å². The summed E-state index contributed by atoms with van der Waals surface area (Å²) in [5.41, 5.74) is 3.15. The van der Waals surface area contributed by atoms with E-state index in [9.17, 15) is 9.90 Å². The Morgan fingerprint density at radius 1 is 1.31 bits per heavy atom. The maximum Gasteiger partial charge on any atom is 0.344 e. The first-order chi connectivity index (χ1) is 14.0. The largest absolute Gasteiger partial charge is 0.482 e. The fourth-order valence-electron chi connectivity index (χ4n) is 3.37. The second-order valence-corrected chi connectivity index (χ2v) is 7.47. The molecule has 0 spiro atoms. The van der Waals surface area contributed by atoms with Crippen molar-refractivity contribution >= 4 is 17.6 Å². The fraction of sp³-hybridized carbons (Fsp3) is 0.409. The van der Waals surface area contributed by atoms with Gasteiger partial charge in [0.1, 0.15) is 5.75 Å². The number of rotatable bonds is 8. The number of ether oxygens (including phenoxy) is 2. The number of halogens is 1. The van der Waals surface area contributed by atoms with Crippen molar-refractivity contribution in [2.75, 3.05) is 26.3 Å². The van der Waals surface area contributed by atoms with Crippen molar-refractivity contribution in [3.8, 4) is 5.75 Å². The zero-order chi connectivity index (χ0) is 20.6. The third kappa shape index (κ3) is 6.44. The molecule has 0 amide bonds. The van der Waals surface area contributed by atoms with Crippen molar-refractivity contribution < 1.29 is 19.4 Å². The van der Waals surface area contributed by atoms with Gasteiger partial charge in [-0.1, -0.05) is 29.8 Å². The highest BCUT2D eigenvalue weighted by atomic mass is 35.5. The zero-order valence-corrected chi connectivity index (χ0v) is 17.2. The molecular formula is C22H27ClN2O4. The summed E-state index contributed by atoms with van der Waals surface area (Å²) in [5.74, 6) is 0.273. The Kier molecular flexibility index (Phi) is 7.89. The van der Waals surface area contributed by atoms with Gasteiger partial charge in [0, 0.05) is 30.7 Å². The molecule has 7 heteroatoms. The molecular weight excluding hydrogens is 392 g/mol. The van der Waals surface area contributed by atoms with E-state index in [4.69, 9.17) is 21.1 Å². The first kappa shape index (κ1) is 21.6. The van der Waals surface area contributed by atoms with Gasteiger partial charge in [-0.15, -0.1) is 0 Å². The van der Waals surface area contributed by atoms with Crippen molar-refractivity contribution in [2.45, 2.75) is 32.0 Å². The summed E-state index contributed by atoms with van der Waals surface area (Å²) in [7, 11) is 0. The normalized spacial score (nSPS) is 17.1. The SMILES string of the molecule is CCOC(=O)COc1ccc2c(c1)CC(NC[C@H](O)c1cccc(Cl)c1)CNC2. The van der Waals surface area contributed by atoms with Crippen LogP contribution >= 0.6 is 11.6 Å². The minimum absolute atomic E-state index is 0.0988. The van der Waals surface area contributed by atoms with Crippen molar-refractivity contribution in [2.24, 2.45) is 0 Å². The van der Waals surface area contributed by atoms with E-state index < -0.39 is 6.10 Å². The van der Waals surface area contributed by atoms with Crippen molar-refractivity contribution in [3.05, 3.63) is 64.2 Å². The smallest absolute Gasteiger partial charge is 0.344 e. The number of hydrogen-bond donors (Lipinski definition) is 3. The lowest BCUT2D eigenvalue weighted by atomic mass is 10.0. The third-order valence-corrected chi connectivity index (χ3v) is 5.08. The Bertz CT molecular complexity index is 830. The van der Waals surface area contributed by atoms with Crippen LogP contribution in [0.1, 0.15) is 29.7 Å². The number of carbonyl (C=O) groups excluding carboxylic acids is 1. The predicted molar refractivity (Wildman–Crippen MR) is 112 cm³/mol. The van der Waals surface area contributed by atoms with Crippen LogP contribution in [0.5, 0.6) is 5.75 Å². The number of hydrogen-bond acceptors (Lipinski definition) is 6. The molecule has 2 aromatic rings. The summed E-state index contributed by atoms with van der Waals surface area (Å²) in [6.45, 7) is 3.99. The number of carbonyl (C=O) groups is 1. The molecule has 3 N–H and O–H groups in total. The second kappa shape index (κ2) is 10.6. The summed E-state index contributed by atoms with van der Waals surface area (Å²) < 4.78 is 10.5. The van der Waals surface area contributed by atoms with Gasteiger partial charge in [-0.05, 0) is 54.3 Å². The number of aliphatic hydroxyl groups is 1. The molecule has 2 aromatic carbocycles. The molecule has 29 heavy (non-hydrogen) atoms. The van der Waals surface area contributed by atoms with Gasteiger partial charge in [-0.3, -0.25) is 0 Å². The highest BCUT2D eigenvalue weighted by molar-refractivity contribution is 6.30. The summed E-state index contributed by atoms with van der Waals surface area (Å²) in [6, 6.07) is 13.3. The molecule has 1 unspecified atom stereocenters. The Balaban J connectivity index is 1.58. The molecule has 0 radical (unpaired) electrons. The average molecular weight is 419 g/mol. The van der Waals surface area contributed by atoms with Gasteiger partial charge in [0.15, 0.2) is 6.61 Å². The van der Waals surface area contributed by atoms with Crippen molar-refractivity contribution in [1.82, 2.24) is 10.6 Å². The minimum atomic E-state index is -0.629. The summed E-state index contributed by atoms with van der Waals surface area (Å²) in [6.07, 6.45) is 0.164. The molecule has 0 saturated carbocycles. The van der Waals surface area contributed by atoms with Crippen LogP contribution in [0.15, 0.2) is 42.5 Å². The lowest BCUT2D eigenvalue weighted by molar-refractivity contribution is -0.145. The van der Waals surface area contributed by atoms with Crippen molar-refractivity contribution in [3.63, 3.8) is 0 Å². The quantitative estimate of drug-likeness (QED) is 0.572. The Morgan fingerprint density at radius 3 is 2.97 bits per heavy atom. The molecule has 0 saturated heterocycles. The minimum Gasteiger partial charge on any atom is -0.482 e. The van der Waals surface area contributed by atoms with Crippen LogP contribution in [-0.2, 0) is 22.5 Å². The van der Waals surface area contributed by atoms with Crippen LogP contribution in [-0.4, -0.2) is 43.4 Å². The van der Waals surface area contributed by atoms with Crippen LogP contribution in [0.3, 0.4) is 0 Å². The average Bonchev–Trinajstić information content (AvgIpc) is 2.92. The number of esters is 1. The van der Waals surface area contributed by atoms with Crippen molar-refractivity contribution in [1.29, 1.82) is 0 Å². The number of nitrogens with one attached hydrogen (secondary N) is 2. The Morgan fingerprint density at radius 2 is 2.17 bits per heavy atom. The monoisotopic (exact) mass is 418 g/mol. The summed E-state index contributed by atoms with van der Waals surface area (Å²) in [5, 5.41) is 17.9. The molecule has 0 fully saturated rings. The number of benzene rings is 2. The first-order valence-corrected chi connectivity index (χ1v) is 10.2. The molecule has 1 aliphatic rings. The molecule has 156 valence electrons. The second-order valence-electron chi connectivity index (χ2n) is 7.04. The van der Waals surface area contributed by atoms with Gasteiger partial charge in [0.05, 0.1) is 12.7 Å². The topological polar surface area (TPSA) is 79.8 Å². The van der Waals surface area contributed by atoms with E-state index >= 15 is 0 Å². The van der Waals surface area contributed by atoms with E-state index in [1.54, 1.807) is 19.1 Å². The number of fused-ring (bicyclic) bond motifs is 1. The van der Waals surface area contributed by atoms with Crippen LogP contribution in [0, 0.1) is 0 Å². The van der Waals surface area contributed by atoms with Crippen LogP contribution in [0.4, 0.5) is 0 Å². The Labute approximate surface area is 176 Å². The maximum absolute atomic E-state index is 11.5. The van der Waals surface area contributed by atoms with E-state index in [2.05, 4.69) is 10.6 Å². The molecule has 2 atom stereocenters. The highest BCUT2D eigenvalue weighted by Gasteiger charge is 2.18. The maximum atomic E-state index is 11.5. The fourth-order valence-corrected chi connectivity index (χ4v) is 3.57. The lowest BCUT2D eigenvalue weighted by Gasteiger charge is -2.20. The number of aliphatic hydroxyl groups excluding tert-OH is 1. The van der Waals surface area contributed by atoms with E-state index in [0.29, 0.717) is 23.9 Å². The highest BCUT2D eigenvalue weighted by Crippen LogP contribution is 2.22. The van der Waals surface area contributed by atoms with Crippen LogP contribution < -0.4 is 15.4 Å². The molecule has 1 aliphatic heterocycles. The summed E-state index contributed by atoms with van der Waals surface area (Å²) >= 11 is 6.01. The van der Waals surface area contributed by atoms with E-state index in [1.807, 2.05) is 30.3 Å². The van der Waals surface area contributed by atoms with Gasteiger partial charge in [0.25, 0.3) is 0 Å².